The van der Waals surface area contributed by atoms with Crippen LogP contribution < -0.4 is 0 Å². The second-order valence-corrected chi connectivity index (χ2v) is 4.73. The molecule has 2 rings (SSSR count). The van der Waals surface area contributed by atoms with E-state index in [1.165, 1.54) is 35.6 Å². The molecule has 0 heterocycles. The minimum Gasteiger partial charge on any atom is -0.0654 e. The van der Waals surface area contributed by atoms with Gasteiger partial charge in [-0.15, -0.1) is 0 Å². The lowest BCUT2D eigenvalue weighted by Gasteiger charge is -2.15. The van der Waals surface area contributed by atoms with Crippen LogP contribution in [0.2, 0.25) is 0 Å². The standard InChI is InChI=1S/C17H21/c1-3-5-8-14(4-2)17-12-11-15-9-6-7-10-16(15)13-17/h6-7,9-14H,2-5,8H2,1H3. The van der Waals surface area contributed by atoms with E-state index in [1.807, 2.05) is 0 Å². The molecule has 0 aromatic heterocycles. The summed E-state index contributed by atoms with van der Waals surface area (Å²) in [6, 6.07) is 15.4. The predicted octanol–water partition coefficient (Wildman–Crippen LogP) is 5.34. The number of hydrogen-bond donors (Lipinski definition) is 0. The zero-order valence-electron chi connectivity index (χ0n) is 10.7. The summed E-state index contributed by atoms with van der Waals surface area (Å²) in [6.07, 6.45) is 4.83. The maximum absolute atomic E-state index is 4.10. The van der Waals surface area contributed by atoms with Crippen molar-refractivity contribution < 1.29 is 0 Å². The molecular weight excluding hydrogens is 204 g/mol. The first-order valence-electron chi connectivity index (χ1n) is 6.63. The minimum absolute atomic E-state index is 0.625. The molecule has 0 saturated heterocycles. The van der Waals surface area contributed by atoms with E-state index in [0.717, 1.165) is 6.42 Å². The van der Waals surface area contributed by atoms with Crippen LogP contribution in [0.5, 0.6) is 0 Å². The van der Waals surface area contributed by atoms with Crippen molar-refractivity contribution in [1.29, 1.82) is 0 Å². The fourth-order valence-electron chi connectivity index (χ4n) is 2.39. The number of fused-ring (bicyclic) bond motifs is 1. The number of hydrogen-bond acceptors (Lipinski definition) is 0. The van der Waals surface area contributed by atoms with Gasteiger partial charge in [-0.25, -0.2) is 0 Å². The molecule has 0 aliphatic carbocycles. The molecule has 17 heavy (non-hydrogen) atoms. The van der Waals surface area contributed by atoms with Gasteiger partial charge < -0.3 is 0 Å². The first-order chi connectivity index (χ1) is 8.35. The smallest absolute Gasteiger partial charge is 0.0162 e. The van der Waals surface area contributed by atoms with E-state index in [4.69, 9.17) is 0 Å². The van der Waals surface area contributed by atoms with Crippen LogP contribution in [0.15, 0.2) is 42.5 Å². The van der Waals surface area contributed by atoms with Crippen molar-refractivity contribution in [2.75, 3.05) is 0 Å². The van der Waals surface area contributed by atoms with E-state index in [0.29, 0.717) is 5.92 Å². The summed E-state index contributed by atoms with van der Waals surface area (Å²) >= 11 is 0. The number of benzene rings is 2. The average molecular weight is 225 g/mol. The quantitative estimate of drug-likeness (QED) is 0.644. The third-order valence-electron chi connectivity index (χ3n) is 3.50. The highest BCUT2D eigenvalue weighted by atomic mass is 14.1. The maximum Gasteiger partial charge on any atom is -0.0162 e. The van der Waals surface area contributed by atoms with E-state index in [9.17, 15) is 0 Å². The van der Waals surface area contributed by atoms with Gasteiger partial charge in [-0.3, -0.25) is 0 Å². The molecule has 0 bridgehead atoms. The molecule has 0 aliphatic rings. The lowest BCUT2D eigenvalue weighted by molar-refractivity contribution is 0.589. The molecule has 2 aromatic rings. The molecule has 1 radical (unpaired) electrons. The zero-order chi connectivity index (χ0) is 12.1. The summed E-state index contributed by atoms with van der Waals surface area (Å²) in [5, 5.41) is 2.68. The molecule has 0 heteroatoms. The van der Waals surface area contributed by atoms with Gasteiger partial charge in [-0.2, -0.15) is 0 Å². The summed E-state index contributed by atoms with van der Waals surface area (Å²) in [5.74, 6) is 0.625. The largest absolute Gasteiger partial charge is 0.0654 e. The van der Waals surface area contributed by atoms with Gasteiger partial charge >= 0.3 is 0 Å². The molecule has 0 nitrogen and oxygen atoms in total. The molecule has 0 saturated carbocycles. The highest BCUT2D eigenvalue weighted by molar-refractivity contribution is 5.83. The summed E-state index contributed by atoms with van der Waals surface area (Å²) in [4.78, 5) is 0. The second kappa shape index (κ2) is 5.86. The fraction of sp³-hybridized carbons (Fsp3) is 0.353. The molecule has 89 valence electrons. The van der Waals surface area contributed by atoms with Crippen LogP contribution in [0, 0.1) is 6.92 Å². The Kier molecular flexibility index (Phi) is 4.19. The molecule has 0 N–H and O–H groups in total. The van der Waals surface area contributed by atoms with Crippen molar-refractivity contribution >= 4 is 10.8 Å². The Morgan fingerprint density at radius 3 is 2.53 bits per heavy atom. The Bertz CT molecular complexity index is 470. The van der Waals surface area contributed by atoms with Crippen molar-refractivity contribution in [1.82, 2.24) is 0 Å². The predicted molar refractivity (Wildman–Crippen MR) is 76.2 cm³/mol. The minimum atomic E-state index is 0.625. The van der Waals surface area contributed by atoms with Gasteiger partial charge in [0.05, 0.1) is 0 Å². The van der Waals surface area contributed by atoms with E-state index in [-0.39, 0.29) is 0 Å². The van der Waals surface area contributed by atoms with Gasteiger partial charge in [-0.1, -0.05) is 69.2 Å². The molecule has 2 aromatic carbocycles. The van der Waals surface area contributed by atoms with E-state index >= 15 is 0 Å². The summed E-state index contributed by atoms with van der Waals surface area (Å²) in [7, 11) is 0. The molecule has 0 aliphatic heterocycles. The van der Waals surface area contributed by atoms with Crippen LogP contribution in [-0.4, -0.2) is 0 Å². The van der Waals surface area contributed by atoms with Crippen molar-refractivity contribution in [3.05, 3.63) is 55.0 Å². The van der Waals surface area contributed by atoms with Crippen LogP contribution in [0.4, 0.5) is 0 Å². The van der Waals surface area contributed by atoms with E-state index in [2.05, 4.69) is 56.3 Å². The Balaban J connectivity index is 2.27. The fourth-order valence-corrected chi connectivity index (χ4v) is 2.39. The third kappa shape index (κ3) is 2.88. The van der Waals surface area contributed by atoms with Crippen LogP contribution in [0.1, 0.15) is 44.1 Å². The van der Waals surface area contributed by atoms with E-state index in [1.54, 1.807) is 0 Å². The molecule has 0 fully saturated rings. The molecule has 1 unspecified atom stereocenters. The van der Waals surface area contributed by atoms with Crippen molar-refractivity contribution in [2.24, 2.45) is 0 Å². The first kappa shape index (κ1) is 12.2. The van der Waals surface area contributed by atoms with Gasteiger partial charge in [0.15, 0.2) is 0 Å². The third-order valence-corrected chi connectivity index (χ3v) is 3.50. The van der Waals surface area contributed by atoms with Crippen LogP contribution >= 0.6 is 0 Å². The summed E-state index contributed by atoms with van der Waals surface area (Å²) in [6.45, 7) is 6.35. The lowest BCUT2D eigenvalue weighted by Crippen LogP contribution is -1.97. The highest BCUT2D eigenvalue weighted by Crippen LogP contribution is 2.27. The Morgan fingerprint density at radius 1 is 1.06 bits per heavy atom. The Hall–Kier alpha value is -1.30. The average Bonchev–Trinajstić information content (AvgIpc) is 2.39. The summed E-state index contributed by atoms with van der Waals surface area (Å²) < 4.78 is 0. The van der Waals surface area contributed by atoms with Crippen molar-refractivity contribution in [3.63, 3.8) is 0 Å². The Morgan fingerprint density at radius 2 is 1.82 bits per heavy atom. The second-order valence-electron chi connectivity index (χ2n) is 4.73. The van der Waals surface area contributed by atoms with E-state index < -0.39 is 0 Å². The molecule has 1 atom stereocenters. The summed E-state index contributed by atoms with van der Waals surface area (Å²) in [5.41, 5.74) is 1.45. The number of unbranched alkanes of at least 4 members (excludes halogenated alkanes) is 1. The number of rotatable bonds is 5. The molecule has 0 amide bonds. The maximum atomic E-state index is 4.10. The SMILES string of the molecule is [CH2]CC(CCCC)c1ccc2ccccc2c1. The van der Waals surface area contributed by atoms with Crippen LogP contribution in [-0.2, 0) is 0 Å². The zero-order valence-corrected chi connectivity index (χ0v) is 10.7. The highest BCUT2D eigenvalue weighted by Gasteiger charge is 2.08. The van der Waals surface area contributed by atoms with Gasteiger partial charge in [0.2, 0.25) is 0 Å². The van der Waals surface area contributed by atoms with Crippen LogP contribution in [0.25, 0.3) is 10.8 Å². The molecular formula is C17H21. The first-order valence-corrected chi connectivity index (χ1v) is 6.63. The van der Waals surface area contributed by atoms with Crippen LogP contribution in [0.3, 0.4) is 0 Å². The van der Waals surface area contributed by atoms with Gasteiger partial charge in [-0.05, 0) is 35.1 Å². The topological polar surface area (TPSA) is 0 Å². The van der Waals surface area contributed by atoms with Gasteiger partial charge in [0, 0.05) is 0 Å². The Labute approximate surface area is 105 Å². The van der Waals surface area contributed by atoms with Gasteiger partial charge in [0.25, 0.3) is 0 Å². The monoisotopic (exact) mass is 225 g/mol. The van der Waals surface area contributed by atoms with Crippen molar-refractivity contribution in [2.45, 2.75) is 38.5 Å². The lowest BCUT2D eigenvalue weighted by atomic mass is 9.90. The van der Waals surface area contributed by atoms with Crippen molar-refractivity contribution in [3.8, 4) is 0 Å². The van der Waals surface area contributed by atoms with Gasteiger partial charge in [0.1, 0.15) is 0 Å². The molecule has 0 spiro atoms. The normalized spacial score (nSPS) is 12.8.